The van der Waals surface area contributed by atoms with Crippen LogP contribution in [0.25, 0.3) is 5.57 Å². The van der Waals surface area contributed by atoms with Crippen LogP contribution in [0, 0.1) is 11.8 Å². The van der Waals surface area contributed by atoms with Crippen LogP contribution in [0.1, 0.15) is 45.2 Å². The summed E-state index contributed by atoms with van der Waals surface area (Å²) in [6, 6.07) is 8.96. The van der Waals surface area contributed by atoms with Crippen molar-refractivity contribution in [1.82, 2.24) is 0 Å². The zero-order valence-electron chi connectivity index (χ0n) is 11.8. The highest BCUT2D eigenvalue weighted by Crippen LogP contribution is 2.55. The molecule has 0 bridgehead atoms. The Labute approximate surface area is 110 Å². The Morgan fingerprint density at radius 1 is 1.22 bits per heavy atom. The Hall–Kier alpha value is -1.30. The maximum atomic E-state index is 2.51. The van der Waals surface area contributed by atoms with Crippen molar-refractivity contribution in [3.05, 3.63) is 53.1 Å². The minimum Gasteiger partial charge on any atom is -0.0767 e. The first-order chi connectivity index (χ1) is 8.55. The molecule has 0 heterocycles. The molecule has 0 fully saturated rings. The highest BCUT2D eigenvalue weighted by molar-refractivity contribution is 5.90. The summed E-state index contributed by atoms with van der Waals surface area (Å²) in [7, 11) is 0. The SMILES string of the molecule is CC1C=C2C(=CC1)c1ccccc1C2(C)C(C)C. The fourth-order valence-corrected chi connectivity index (χ4v) is 3.50. The van der Waals surface area contributed by atoms with Gasteiger partial charge in [-0.05, 0) is 40.5 Å². The topological polar surface area (TPSA) is 0 Å². The van der Waals surface area contributed by atoms with Crippen molar-refractivity contribution in [2.24, 2.45) is 11.8 Å². The van der Waals surface area contributed by atoms with Crippen molar-refractivity contribution in [2.45, 2.75) is 39.5 Å². The first-order valence-electron chi connectivity index (χ1n) is 7.08. The Bertz CT molecular complexity index is 545. The van der Waals surface area contributed by atoms with Gasteiger partial charge in [0.2, 0.25) is 0 Å². The number of benzene rings is 1. The monoisotopic (exact) mass is 238 g/mol. The van der Waals surface area contributed by atoms with Crippen LogP contribution in [0.15, 0.2) is 42.0 Å². The molecule has 0 saturated carbocycles. The molecule has 0 amide bonds. The van der Waals surface area contributed by atoms with E-state index in [1.165, 1.54) is 23.1 Å². The van der Waals surface area contributed by atoms with E-state index in [1.54, 1.807) is 5.57 Å². The second kappa shape index (κ2) is 3.85. The predicted octanol–water partition coefficient (Wildman–Crippen LogP) is 4.96. The fourth-order valence-electron chi connectivity index (χ4n) is 3.50. The first-order valence-corrected chi connectivity index (χ1v) is 7.08. The van der Waals surface area contributed by atoms with Gasteiger partial charge in [-0.1, -0.05) is 64.1 Å². The van der Waals surface area contributed by atoms with Gasteiger partial charge in [-0.3, -0.25) is 0 Å². The molecule has 2 aliphatic rings. The van der Waals surface area contributed by atoms with Gasteiger partial charge in [0.15, 0.2) is 0 Å². The highest BCUT2D eigenvalue weighted by Gasteiger charge is 2.44. The standard InChI is InChI=1S/C18H22/c1-12(2)18(4)16-8-6-5-7-14(16)15-10-9-13(3)11-17(15)18/h5-8,10-13H,9H2,1-4H3. The van der Waals surface area contributed by atoms with Crippen LogP contribution in [0.5, 0.6) is 0 Å². The van der Waals surface area contributed by atoms with Crippen molar-refractivity contribution in [3.63, 3.8) is 0 Å². The van der Waals surface area contributed by atoms with Gasteiger partial charge in [0.1, 0.15) is 0 Å². The largest absolute Gasteiger partial charge is 0.0767 e. The zero-order valence-corrected chi connectivity index (χ0v) is 11.8. The molecule has 0 saturated heterocycles. The third-order valence-corrected chi connectivity index (χ3v) is 4.93. The molecule has 0 nitrogen and oxygen atoms in total. The molecule has 0 aromatic heterocycles. The number of fused-ring (bicyclic) bond motifs is 3. The fraction of sp³-hybridized carbons (Fsp3) is 0.444. The van der Waals surface area contributed by atoms with Gasteiger partial charge in [0, 0.05) is 5.41 Å². The van der Waals surface area contributed by atoms with Gasteiger partial charge in [-0.2, -0.15) is 0 Å². The van der Waals surface area contributed by atoms with Crippen LogP contribution in [0.2, 0.25) is 0 Å². The maximum absolute atomic E-state index is 2.51. The summed E-state index contributed by atoms with van der Waals surface area (Å²) in [6.45, 7) is 9.44. The highest BCUT2D eigenvalue weighted by atomic mass is 14.5. The van der Waals surface area contributed by atoms with E-state index in [0.29, 0.717) is 11.8 Å². The molecule has 18 heavy (non-hydrogen) atoms. The van der Waals surface area contributed by atoms with Crippen LogP contribution >= 0.6 is 0 Å². The van der Waals surface area contributed by atoms with Crippen molar-refractivity contribution < 1.29 is 0 Å². The van der Waals surface area contributed by atoms with Gasteiger partial charge in [-0.15, -0.1) is 0 Å². The molecule has 2 aliphatic carbocycles. The second-order valence-corrected chi connectivity index (χ2v) is 6.31. The van der Waals surface area contributed by atoms with E-state index < -0.39 is 0 Å². The third-order valence-electron chi connectivity index (χ3n) is 4.93. The smallest absolute Gasteiger partial charge is 0.0206 e. The Balaban J connectivity index is 2.29. The van der Waals surface area contributed by atoms with Crippen molar-refractivity contribution in [3.8, 4) is 0 Å². The summed E-state index contributed by atoms with van der Waals surface area (Å²) in [5.41, 5.74) is 6.24. The van der Waals surface area contributed by atoms with Crippen LogP contribution in [0.3, 0.4) is 0 Å². The number of hydrogen-bond acceptors (Lipinski definition) is 0. The number of rotatable bonds is 1. The van der Waals surface area contributed by atoms with Gasteiger partial charge >= 0.3 is 0 Å². The van der Waals surface area contributed by atoms with Crippen LogP contribution in [0.4, 0.5) is 0 Å². The molecule has 3 rings (SSSR count). The van der Waals surface area contributed by atoms with E-state index in [9.17, 15) is 0 Å². The van der Waals surface area contributed by atoms with Gasteiger partial charge in [0.25, 0.3) is 0 Å². The van der Waals surface area contributed by atoms with Crippen LogP contribution in [-0.2, 0) is 5.41 Å². The molecule has 2 unspecified atom stereocenters. The summed E-state index contributed by atoms with van der Waals surface area (Å²) in [6.07, 6.45) is 6.14. The van der Waals surface area contributed by atoms with E-state index in [4.69, 9.17) is 0 Å². The Morgan fingerprint density at radius 3 is 2.67 bits per heavy atom. The molecular weight excluding hydrogens is 216 g/mol. The lowest BCUT2D eigenvalue weighted by molar-refractivity contribution is 0.410. The molecule has 0 radical (unpaired) electrons. The summed E-state index contributed by atoms with van der Waals surface area (Å²) in [5.74, 6) is 1.30. The van der Waals surface area contributed by atoms with E-state index >= 15 is 0 Å². The van der Waals surface area contributed by atoms with Gasteiger partial charge in [0.05, 0.1) is 0 Å². The van der Waals surface area contributed by atoms with E-state index in [1.807, 2.05) is 0 Å². The average molecular weight is 238 g/mol. The van der Waals surface area contributed by atoms with E-state index in [0.717, 1.165) is 0 Å². The quantitative estimate of drug-likeness (QED) is 0.648. The molecule has 2 atom stereocenters. The lowest BCUT2D eigenvalue weighted by Gasteiger charge is -2.34. The summed E-state index contributed by atoms with van der Waals surface area (Å²) >= 11 is 0. The summed E-state index contributed by atoms with van der Waals surface area (Å²) in [4.78, 5) is 0. The minimum atomic E-state index is 0.192. The van der Waals surface area contributed by atoms with Crippen molar-refractivity contribution in [2.75, 3.05) is 0 Å². The lowest BCUT2D eigenvalue weighted by atomic mass is 9.70. The lowest BCUT2D eigenvalue weighted by Crippen LogP contribution is -2.28. The van der Waals surface area contributed by atoms with E-state index in [2.05, 4.69) is 64.1 Å². The van der Waals surface area contributed by atoms with Crippen molar-refractivity contribution >= 4 is 5.57 Å². The third kappa shape index (κ3) is 1.38. The Morgan fingerprint density at radius 2 is 1.94 bits per heavy atom. The molecule has 1 aromatic carbocycles. The van der Waals surface area contributed by atoms with Crippen molar-refractivity contribution in [1.29, 1.82) is 0 Å². The van der Waals surface area contributed by atoms with E-state index in [-0.39, 0.29) is 5.41 Å². The molecule has 0 aliphatic heterocycles. The molecule has 0 spiro atoms. The zero-order chi connectivity index (χ0) is 12.9. The molecule has 1 aromatic rings. The average Bonchev–Trinajstić information content (AvgIpc) is 2.61. The molecular formula is C18H22. The molecule has 0 N–H and O–H groups in total. The normalized spacial score (nSPS) is 29.7. The van der Waals surface area contributed by atoms with Crippen LogP contribution < -0.4 is 0 Å². The van der Waals surface area contributed by atoms with Crippen LogP contribution in [-0.4, -0.2) is 0 Å². The second-order valence-electron chi connectivity index (χ2n) is 6.31. The number of hydrogen-bond donors (Lipinski definition) is 0. The molecule has 94 valence electrons. The van der Waals surface area contributed by atoms with Gasteiger partial charge < -0.3 is 0 Å². The van der Waals surface area contributed by atoms with Gasteiger partial charge in [-0.25, -0.2) is 0 Å². The predicted molar refractivity (Wildman–Crippen MR) is 78.5 cm³/mol. The first kappa shape index (κ1) is 11.8. The Kier molecular flexibility index (Phi) is 2.52. The summed E-state index contributed by atoms with van der Waals surface area (Å²) in [5, 5.41) is 0. The number of allylic oxidation sites excluding steroid dienone is 4. The maximum Gasteiger partial charge on any atom is 0.0206 e. The molecule has 0 heteroatoms. The minimum absolute atomic E-state index is 0.192. The summed E-state index contributed by atoms with van der Waals surface area (Å²) < 4.78 is 0.